The second kappa shape index (κ2) is 5.74. The smallest absolute Gasteiger partial charge is 0.224 e. The van der Waals surface area contributed by atoms with E-state index in [9.17, 15) is 4.79 Å². The van der Waals surface area contributed by atoms with E-state index in [1.165, 1.54) is 5.56 Å². The molecule has 2 heterocycles. The topological polar surface area (TPSA) is 54.3 Å². The van der Waals surface area contributed by atoms with E-state index in [1.54, 1.807) is 0 Å². The number of aryl methyl sites for hydroxylation is 2. The number of benzene rings is 1. The SMILES string of the molecule is CCc1ccc(C(NC)c2ccc3c(c2)CCC(=O)N3)o1. The summed E-state index contributed by atoms with van der Waals surface area (Å²) in [7, 11) is 1.93. The number of carbonyl (C=O) groups is 1. The van der Waals surface area contributed by atoms with Crippen LogP contribution >= 0.6 is 0 Å². The third-order valence-corrected chi connectivity index (χ3v) is 3.96. The third kappa shape index (κ3) is 2.72. The normalized spacial score (nSPS) is 15.4. The Balaban J connectivity index is 1.92. The molecule has 21 heavy (non-hydrogen) atoms. The van der Waals surface area contributed by atoms with Crippen molar-refractivity contribution in [1.82, 2.24) is 5.32 Å². The molecule has 1 aliphatic rings. The van der Waals surface area contributed by atoms with Crippen LogP contribution in [0.15, 0.2) is 34.7 Å². The highest BCUT2D eigenvalue weighted by Crippen LogP contribution is 2.29. The van der Waals surface area contributed by atoms with E-state index in [4.69, 9.17) is 4.42 Å². The average Bonchev–Trinajstić information content (AvgIpc) is 2.97. The number of rotatable bonds is 4. The second-order valence-electron chi connectivity index (χ2n) is 5.34. The number of amides is 1. The first-order valence-electron chi connectivity index (χ1n) is 7.39. The molecule has 1 aliphatic heterocycles. The van der Waals surface area contributed by atoms with Gasteiger partial charge in [-0.3, -0.25) is 4.79 Å². The number of furan rings is 1. The molecule has 0 aliphatic carbocycles. The summed E-state index contributed by atoms with van der Waals surface area (Å²) in [5.74, 6) is 2.02. The van der Waals surface area contributed by atoms with Crippen molar-refractivity contribution in [2.75, 3.05) is 12.4 Å². The van der Waals surface area contributed by atoms with Gasteiger partial charge >= 0.3 is 0 Å². The molecule has 0 fully saturated rings. The second-order valence-corrected chi connectivity index (χ2v) is 5.34. The van der Waals surface area contributed by atoms with Crippen molar-refractivity contribution in [3.8, 4) is 0 Å². The first-order valence-corrected chi connectivity index (χ1v) is 7.39. The molecule has 2 aromatic rings. The molecule has 0 radical (unpaired) electrons. The van der Waals surface area contributed by atoms with E-state index in [1.807, 2.05) is 31.3 Å². The standard InChI is InChI=1S/C17H20N2O2/c1-3-13-6-8-15(21-13)17(18-2)12-4-7-14-11(10-12)5-9-16(20)19-14/h4,6-8,10,17-18H,3,5,9H2,1-2H3,(H,19,20). The summed E-state index contributed by atoms with van der Waals surface area (Å²) < 4.78 is 5.87. The van der Waals surface area contributed by atoms with Crippen molar-refractivity contribution >= 4 is 11.6 Å². The highest BCUT2D eigenvalue weighted by Gasteiger charge is 2.20. The molecule has 1 unspecified atom stereocenters. The maximum Gasteiger partial charge on any atom is 0.224 e. The Hall–Kier alpha value is -2.07. The molecule has 4 nitrogen and oxygen atoms in total. The van der Waals surface area contributed by atoms with E-state index in [0.29, 0.717) is 6.42 Å². The molecule has 1 aromatic heterocycles. The van der Waals surface area contributed by atoms with Crippen LogP contribution in [0.3, 0.4) is 0 Å². The van der Waals surface area contributed by atoms with Gasteiger partial charge < -0.3 is 15.1 Å². The molecule has 2 N–H and O–H groups in total. The summed E-state index contributed by atoms with van der Waals surface area (Å²) in [6, 6.07) is 10.3. The highest BCUT2D eigenvalue weighted by atomic mass is 16.3. The number of anilines is 1. The Kier molecular flexibility index (Phi) is 3.80. The minimum atomic E-state index is 0.0354. The van der Waals surface area contributed by atoms with Gasteiger partial charge in [0.05, 0.1) is 6.04 Å². The molecule has 4 heteroatoms. The van der Waals surface area contributed by atoms with Gasteiger partial charge in [-0.25, -0.2) is 0 Å². The fourth-order valence-corrected chi connectivity index (χ4v) is 2.80. The molecule has 1 amide bonds. The Morgan fingerprint density at radius 1 is 1.29 bits per heavy atom. The third-order valence-electron chi connectivity index (χ3n) is 3.96. The zero-order valence-electron chi connectivity index (χ0n) is 12.4. The van der Waals surface area contributed by atoms with Crippen LogP contribution < -0.4 is 10.6 Å². The van der Waals surface area contributed by atoms with Gasteiger partial charge in [-0.05, 0) is 42.8 Å². The minimum absolute atomic E-state index is 0.0354. The lowest BCUT2D eigenvalue weighted by molar-refractivity contribution is -0.116. The maximum atomic E-state index is 11.4. The first kappa shape index (κ1) is 13.9. The van der Waals surface area contributed by atoms with Crippen LogP contribution in [0.2, 0.25) is 0 Å². The van der Waals surface area contributed by atoms with E-state index in [2.05, 4.69) is 23.6 Å². The Labute approximate surface area is 124 Å². The molecule has 1 atom stereocenters. The molecule has 0 bridgehead atoms. The lowest BCUT2D eigenvalue weighted by Gasteiger charge is -2.20. The van der Waals surface area contributed by atoms with E-state index in [-0.39, 0.29) is 11.9 Å². The van der Waals surface area contributed by atoms with Gasteiger partial charge in [0, 0.05) is 18.5 Å². The van der Waals surface area contributed by atoms with Crippen LogP contribution in [0, 0.1) is 0 Å². The zero-order valence-corrected chi connectivity index (χ0v) is 12.4. The molecular weight excluding hydrogens is 264 g/mol. The largest absolute Gasteiger partial charge is 0.464 e. The zero-order chi connectivity index (χ0) is 14.8. The molecule has 1 aromatic carbocycles. The molecular formula is C17H20N2O2. The van der Waals surface area contributed by atoms with Gasteiger partial charge in [0.1, 0.15) is 11.5 Å². The van der Waals surface area contributed by atoms with Crippen LogP contribution in [0.5, 0.6) is 0 Å². The van der Waals surface area contributed by atoms with Crippen molar-refractivity contribution in [3.63, 3.8) is 0 Å². The summed E-state index contributed by atoms with van der Waals surface area (Å²) in [4.78, 5) is 11.4. The monoisotopic (exact) mass is 284 g/mol. The van der Waals surface area contributed by atoms with Gasteiger partial charge in [-0.15, -0.1) is 0 Å². The summed E-state index contributed by atoms with van der Waals surface area (Å²) in [5.41, 5.74) is 3.28. The van der Waals surface area contributed by atoms with Crippen LogP contribution in [0.4, 0.5) is 5.69 Å². The fourth-order valence-electron chi connectivity index (χ4n) is 2.80. The number of hydrogen-bond acceptors (Lipinski definition) is 3. The number of fused-ring (bicyclic) bond motifs is 1. The quantitative estimate of drug-likeness (QED) is 0.907. The summed E-state index contributed by atoms with van der Waals surface area (Å²) >= 11 is 0. The van der Waals surface area contributed by atoms with Crippen molar-refractivity contribution in [3.05, 3.63) is 53.0 Å². The van der Waals surface area contributed by atoms with Gasteiger partial charge in [0.25, 0.3) is 0 Å². The van der Waals surface area contributed by atoms with Crippen molar-refractivity contribution in [2.45, 2.75) is 32.2 Å². The van der Waals surface area contributed by atoms with E-state index in [0.717, 1.165) is 35.6 Å². The predicted molar refractivity (Wildman–Crippen MR) is 82.4 cm³/mol. The molecule has 3 rings (SSSR count). The lowest BCUT2D eigenvalue weighted by atomic mass is 9.96. The van der Waals surface area contributed by atoms with E-state index < -0.39 is 0 Å². The van der Waals surface area contributed by atoms with Crippen LogP contribution in [-0.2, 0) is 17.6 Å². The van der Waals surface area contributed by atoms with Gasteiger partial charge in [0.15, 0.2) is 0 Å². The van der Waals surface area contributed by atoms with Crippen molar-refractivity contribution in [1.29, 1.82) is 0 Å². The molecule has 0 spiro atoms. The number of nitrogens with one attached hydrogen (secondary N) is 2. The molecule has 0 saturated heterocycles. The maximum absolute atomic E-state index is 11.4. The summed E-state index contributed by atoms with van der Waals surface area (Å²) in [6.07, 6.45) is 2.25. The highest BCUT2D eigenvalue weighted by molar-refractivity contribution is 5.93. The minimum Gasteiger partial charge on any atom is -0.464 e. The summed E-state index contributed by atoms with van der Waals surface area (Å²) in [6.45, 7) is 2.08. The van der Waals surface area contributed by atoms with Crippen molar-refractivity contribution < 1.29 is 9.21 Å². The number of carbonyl (C=O) groups excluding carboxylic acids is 1. The van der Waals surface area contributed by atoms with Gasteiger partial charge in [-0.1, -0.05) is 19.1 Å². The Morgan fingerprint density at radius 2 is 2.14 bits per heavy atom. The van der Waals surface area contributed by atoms with Crippen molar-refractivity contribution in [2.24, 2.45) is 0 Å². The first-order chi connectivity index (χ1) is 10.2. The Morgan fingerprint density at radius 3 is 2.86 bits per heavy atom. The van der Waals surface area contributed by atoms with Crippen LogP contribution in [0.1, 0.15) is 42.0 Å². The van der Waals surface area contributed by atoms with E-state index >= 15 is 0 Å². The van der Waals surface area contributed by atoms with Crippen LogP contribution in [-0.4, -0.2) is 13.0 Å². The predicted octanol–water partition coefficient (Wildman–Crippen LogP) is 3.04. The average molecular weight is 284 g/mol. The lowest BCUT2D eigenvalue weighted by Crippen LogP contribution is -2.21. The van der Waals surface area contributed by atoms with Gasteiger partial charge in [-0.2, -0.15) is 0 Å². The Bertz CT molecular complexity index is 661. The summed E-state index contributed by atoms with van der Waals surface area (Å²) in [5, 5.41) is 6.22. The molecule has 0 saturated carbocycles. The van der Waals surface area contributed by atoms with Gasteiger partial charge in [0.2, 0.25) is 5.91 Å². The fraction of sp³-hybridized carbons (Fsp3) is 0.353. The van der Waals surface area contributed by atoms with Crippen LogP contribution in [0.25, 0.3) is 0 Å². The molecule has 110 valence electrons. The number of hydrogen-bond donors (Lipinski definition) is 2.